The van der Waals surface area contributed by atoms with E-state index in [9.17, 15) is 14.7 Å². The van der Waals surface area contributed by atoms with E-state index in [1.54, 1.807) is 11.0 Å². The normalized spacial score (nSPS) is 24.0. The Morgan fingerprint density at radius 3 is 2.62 bits per heavy atom. The molecule has 0 aromatic heterocycles. The van der Waals surface area contributed by atoms with Gasteiger partial charge in [0.05, 0.1) is 17.6 Å². The molecule has 1 atom stereocenters. The minimum Gasteiger partial charge on any atom is -0.490 e. The lowest BCUT2D eigenvalue weighted by atomic mass is 9.92. The number of ether oxygens (including phenoxy) is 2. The van der Waals surface area contributed by atoms with Crippen molar-refractivity contribution in [2.75, 3.05) is 31.1 Å². The summed E-state index contributed by atoms with van der Waals surface area (Å²) < 4.78 is 11.4. The average Bonchev–Trinajstić information content (AvgIpc) is 2.99. The van der Waals surface area contributed by atoms with Crippen molar-refractivity contribution in [3.05, 3.63) is 23.8 Å². The second-order valence-electron chi connectivity index (χ2n) is 9.59. The second kappa shape index (κ2) is 7.20. The Balaban J connectivity index is 1.86. The van der Waals surface area contributed by atoms with Crippen molar-refractivity contribution in [1.29, 1.82) is 0 Å². The van der Waals surface area contributed by atoms with Crippen molar-refractivity contribution in [2.45, 2.75) is 59.2 Å². The number of anilines is 1. The Bertz CT molecular complexity index is 814. The van der Waals surface area contributed by atoms with Crippen molar-refractivity contribution in [2.24, 2.45) is 5.41 Å². The van der Waals surface area contributed by atoms with Crippen LogP contribution in [0.5, 0.6) is 5.75 Å². The van der Waals surface area contributed by atoms with E-state index in [1.807, 2.05) is 53.7 Å². The van der Waals surface area contributed by atoms with Crippen LogP contribution in [0.1, 0.15) is 53.5 Å². The Labute approximate surface area is 172 Å². The fourth-order valence-electron chi connectivity index (χ4n) is 3.76. The summed E-state index contributed by atoms with van der Waals surface area (Å²) in [5.74, 6) is 0.592. The maximum Gasteiger partial charge on any atom is 0.410 e. The van der Waals surface area contributed by atoms with E-state index in [-0.39, 0.29) is 19.1 Å². The molecule has 1 saturated heterocycles. The zero-order chi connectivity index (χ0) is 21.6. The molecule has 2 amide bonds. The molecule has 0 radical (unpaired) electrons. The van der Waals surface area contributed by atoms with E-state index >= 15 is 0 Å². The first kappa shape index (κ1) is 21.4. The summed E-state index contributed by atoms with van der Waals surface area (Å²) in [6.45, 7) is 12.5. The SMILES string of the molecule is CCN1C(=O)C(C)(C)COc2cc(C3(O)CCN(C(=O)OC(C)(C)C)C3)ccc21. The zero-order valence-electron chi connectivity index (χ0n) is 18.2. The van der Waals surface area contributed by atoms with Crippen LogP contribution < -0.4 is 9.64 Å². The van der Waals surface area contributed by atoms with Gasteiger partial charge in [0.2, 0.25) is 5.91 Å². The largest absolute Gasteiger partial charge is 0.490 e. The smallest absolute Gasteiger partial charge is 0.410 e. The third kappa shape index (κ3) is 4.20. The van der Waals surface area contributed by atoms with Gasteiger partial charge >= 0.3 is 6.09 Å². The summed E-state index contributed by atoms with van der Waals surface area (Å²) >= 11 is 0. The van der Waals surface area contributed by atoms with E-state index in [2.05, 4.69) is 0 Å². The molecule has 7 nitrogen and oxygen atoms in total. The van der Waals surface area contributed by atoms with Crippen LogP contribution >= 0.6 is 0 Å². The first-order valence-corrected chi connectivity index (χ1v) is 10.2. The van der Waals surface area contributed by atoms with E-state index in [0.29, 0.717) is 36.5 Å². The number of carbonyl (C=O) groups excluding carboxylic acids is 2. The van der Waals surface area contributed by atoms with Crippen molar-refractivity contribution < 1.29 is 24.2 Å². The molecule has 2 aliphatic heterocycles. The van der Waals surface area contributed by atoms with Crippen LogP contribution in [0.3, 0.4) is 0 Å². The van der Waals surface area contributed by atoms with Gasteiger partial charge in [0.15, 0.2) is 0 Å². The molecule has 2 heterocycles. The molecule has 0 spiro atoms. The maximum absolute atomic E-state index is 12.8. The minimum absolute atomic E-state index is 0.0159. The molecule has 29 heavy (non-hydrogen) atoms. The van der Waals surface area contributed by atoms with Crippen molar-refractivity contribution >= 4 is 17.7 Å². The number of β-amino-alcohol motifs (C(OH)–C–C–N with tert-alkyl or cyclic N) is 1. The van der Waals surface area contributed by atoms with Gasteiger partial charge in [-0.2, -0.15) is 0 Å². The quantitative estimate of drug-likeness (QED) is 0.818. The number of hydrogen-bond acceptors (Lipinski definition) is 5. The summed E-state index contributed by atoms with van der Waals surface area (Å²) in [7, 11) is 0. The highest BCUT2D eigenvalue weighted by Crippen LogP contribution is 2.41. The van der Waals surface area contributed by atoms with Crippen LogP contribution in [0.25, 0.3) is 0 Å². The number of fused-ring (bicyclic) bond motifs is 1. The monoisotopic (exact) mass is 404 g/mol. The number of nitrogens with zero attached hydrogens (tertiary/aromatic N) is 2. The van der Waals surface area contributed by atoms with Crippen LogP contribution in [0.4, 0.5) is 10.5 Å². The fraction of sp³-hybridized carbons (Fsp3) is 0.636. The fourth-order valence-corrected chi connectivity index (χ4v) is 3.76. The molecule has 2 aliphatic rings. The van der Waals surface area contributed by atoms with Gasteiger partial charge in [-0.15, -0.1) is 0 Å². The minimum atomic E-state index is -1.18. The number of aliphatic hydroxyl groups is 1. The van der Waals surface area contributed by atoms with Gasteiger partial charge in [-0.1, -0.05) is 6.07 Å². The van der Waals surface area contributed by atoms with Crippen LogP contribution in [0, 0.1) is 5.41 Å². The van der Waals surface area contributed by atoms with Crippen LogP contribution in [0.15, 0.2) is 18.2 Å². The first-order valence-electron chi connectivity index (χ1n) is 10.2. The Morgan fingerprint density at radius 1 is 1.31 bits per heavy atom. The summed E-state index contributed by atoms with van der Waals surface area (Å²) in [5, 5.41) is 11.2. The van der Waals surface area contributed by atoms with Gasteiger partial charge in [-0.05, 0) is 65.7 Å². The van der Waals surface area contributed by atoms with Gasteiger partial charge in [0.1, 0.15) is 23.6 Å². The molecule has 3 rings (SSSR count). The van der Waals surface area contributed by atoms with Crippen LogP contribution in [0.2, 0.25) is 0 Å². The van der Waals surface area contributed by atoms with E-state index in [4.69, 9.17) is 9.47 Å². The average molecular weight is 405 g/mol. The van der Waals surface area contributed by atoms with Crippen molar-refractivity contribution in [3.8, 4) is 5.75 Å². The standard InChI is InChI=1S/C22H32N2O5/c1-7-24-16-9-8-15(12-17(16)28-14-21(5,6)18(24)25)22(27)10-11-23(13-22)19(26)29-20(2,3)4/h8-9,12,27H,7,10-11,13-14H2,1-6H3. The molecule has 0 aliphatic carbocycles. The lowest BCUT2D eigenvalue weighted by Crippen LogP contribution is -2.42. The second-order valence-corrected chi connectivity index (χ2v) is 9.59. The lowest BCUT2D eigenvalue weighted by Gasteiger charge is -2.28. The maximum atomic E-state index is 12.8. The number of hydrogen-bond donors (Lipinski definition) is 1. The van der Waals surface area contributed by atoms with Crippen molar-refractivity contribution in [1.82, 2.24) is 4.90 Å². The molecule has 7 heteroatoms. The van der Waals surface area contributed by atoms with E-state index in [1.165, 1.54) is 4.90 Å². The number of benzene rings is 1. The summed E-state index contributed by atoms with van der Waals surface area (Å²) in [6, 6.07) is 5.43. The molecule has 160 valence electrons. The first-order chi connectivity index (χ1) is 13.4. The molecule has 1 fully saturated rings. The van der Waals surface area contributed by atoms with E-state index < -0.39 is 22.7 Å². The Hall–Kier alpha value is -2.28. The molecular weight excluding hydrogens is 372 g/mol. The molecule has 1 unspecified atom stereocenters. The number of likely N-dealkylation sites (tertiary alicyclic amines) is 1. The summed E-state index contributed by atoms with van der Waals surface area (Å²) in [5.41, 5.74) is -1.02. The van der Waals surface area contributed by atoms with Gasteiger partial charge in [0.25, 0.3) is 0 Å². The van der Waals surface area contributed by atoms with Crippen LogP contribution in [-0.4, -0.2) is 53.8 Å². The number of carbonyl (C=O) groups is 2. The van der Waals surface area contributed by atoms with Gasteiger partial charge in [-0.25, -0.2) is 4.79 Å². The molecule has 1 aromatic rings. The lowest BCUT2D eigenvalue weighted by molar-refractivity contribution is -0.127. The summed E-state index contributed by atoms with van der Waals surface area (Å²) in [6.07, 6.45) is -0.0172. The Morgan fingerprint density at radius 2 is 2.00 bits per heavy atom. The van der Waals surface area contributed by atoms with Gasteiger partial charge < -0.3 is 24.4 Å². The zero-order valence-corrected chi connectivity index (χ0v) is 18.2. The highest BCUT2D eigenvalue weighted by molar-refractivity contribution is 5.99. The molecular formula is C22H32N2O5. The highest BCUT2D eigenvalue weighted by Gasteiger charge is 2.42. The predicted octanol–water partition coefficient (Wildman–Crippen LogP) is 3.29. The third-order valence-electron chi connectivity index (χ3n) is 5.42. The third-order valence-corrected chi connectivity index (χ3v) is 5.42. The van der Waals surface area contributed by atoms with Crippen LogP contribution in [-0.2, 0) is 15.1 Å². The highest BCUT2D eigenvalue weighted by atomic mass is 16.6. The Kier molecular flexibility index (Phi) is 5.32. The van der Waals surface area contributed by atoms with Crippen molar-refractivity contribution in [3.63, 3.8) is 0 Å². The topological polar surface area (TPSA) is 79.3 Å². The number of rotatable bonds is 2. The molecule has 1 aromatic carbocycles. The molecule has 0 saturated carbocycles. The van der Waals surface area contributed by atoms with Gasteiger partial charge in [-0.3, -0.25) is 4.79 Å². The van der Waals surface area contributed by atoms with E-state index in [0.717, 1.165) is 0 Å². The predicted molar refractivity (Wildman–Crippen MR) is 110 cm³/mol. The number of amides is 2. The van der Waals surface area contributed by atoms with Gasteiger partial charge in [0, 0.05) is 13.1 Å². The molecule has 0 bridgehead atoms. The molecule has 1 N–H and O–H groups in total. The summed E-state index contributed by atoms with van der Waals surface area (Å²) in [4.78, 5) is 28.5.